The molecule has 0 radical (unpaired) electrons. The molecule has 2 nitrogen and oxygen atoms in total. The zero-order valence-corrected chi connectivity index (χ0v) is 11.0. The second-order valence-corrected chi connectivity index (χ2v) is 6.77. The van der Waals surface area contributed by atoms with Crippen molar-refractivity contribution in [2.75, 3.05) is 0 Å². The van der Waals surface area contributed by atoms with Crippen LogP contribution in [0, 0.1) is 0 Å². The van der Waals surface area contributed by atoms with Crippen molar-refractivity contribution in [3.63, 3.8) is 0 Å². The highest BCUT2D eigenvalue weighted by Crippen LogP contribution is 2.51. The molecule has 0 saturated carbocycles. The lowest BCUT2D eigenvalue weighted by molar-refractivity contribution is 0.0656. The van der Waals surface area contributed by atoms with Crippen molar-refractivity contribution < 1.29 is 9.47 Å². The highest BCUT2D eigenvalue weighted by Gasteiger charge is 2.37. The van der Waals surface area contributed by atoms with Gasteiger partial charge >= 0.3 is 0 Å². The van der Waals surface area contributed by atoms with E-state index in [1.54, 1.807) is 0 Å². The third-order valence-electron chi connectivity index (χ3n) is 2.89. The van der Waals surface area contributed by atoms with E-state index in [4.69, 9.17) is 9.47 Å². The summed E-state index contributed by atoms with van der Waals surface area (Å²) >= 11 is 3.63. The number of hydrogen-bond acceptors (Lipinski definition) is 4. The first-order valence-electron chi connectivity index (χ1n) is 5.75. The minimum absolute atomic E-state index is 0.204. The fourth-order valence-corrected chi connectivity index (χ4v) is 4.79. The maximum Gasteiger partial charge on any atom is 0.262 e. The molecular weight excluding hydrogens is 264 g/mol. The number of benzene rings is 2. The fourth-order valence-electron chi connectivity index (χ4n) is 2.06. The van der Waals surface area contributed by atoms with Crippen LogP contribution in [-0.4, -0.2) is 10.9 Å². The Kier molecular flexibility index (Phi) is 2.45. The van der Waals surface area contributed by atoms with Crippen LogP contribution in [0.15, 0.2) is 58.3 Å². The maximum absolute atomic E-state index is 5.86. The Morgan fingerprint density at radius 3 is 1.78 bits per heavy atom. The van der Waals surface area contributed by atoms with Gasteiger partial charge in [0.2, 0.25) is 0 Å². The first-order chi connectivity index (χ1) is 8.90. The molecule has 18 heavy (non-hydrogen) atoms. The van der Waals surface area contributed by atoms with Gasteiger partial charge in [-0.05, 0) is 24.3 Å². The molecule has 4 heteroatoms. The largest absolute Gasteiger partial charge is 0.449 e. The van der Waals surface area contributed by atoms with Gasteiger partial charge in [0.15, 0.2) is 11.5 Å². The number of para-hydroxylation sites is 2. The van der Waals surface area contributed by atoms with Gasteiger partial charge in [-0.1, -0.05) is 24.3 Å². The van der Waals surface area contributed by atoms with E-state index < -0.39 is 0 Å². The molecule has 4 rings (SSSR count). The summed E-state index contributed by atoms with van der Waals surface area (Å²) in [4.78, 5) is 2.63. The zero-order chi connectivity index (χ0) is 11.9. The molecule has 0 aliphatic carbocycles. The molecule has 2 aliphatic heterocycles. The van der Waals surface area contributed by atoms with E-state index in [9.17, 15) is 0 Å². The van der Waals surface area contributed by atoms with E-state index in [0.29, 0.717) is 0 Å². The normalized spacial score (nSPS) is 18.0. The summed E-state index contributed by atoms with van der Waals surface area (Å²) in [6.45, 7) is 0. The molecule has 0 bridgehead atoms. The second-order valence-electron chi connectivity index (χ2n) is 4.10. The molecule has 2 aromatic carbocycles. The predicted molar refractivity (Wildman–Crippen MR) is 73.4 cm³/mol. The van der Waals surface area contributed by atoms with Gasteiger partial charge in [0.05, 0.1) is 0 Å². The van der Waals surface area contributed by atoms with Crippen LogP contribution in [0.25, 0.3) is 0 Å². The van der Waals surface area contributed by atoms with Crippen molar-refractivity contribution in [3.8, 4) is 11.5 Å². The Morgan fingerprint density at radius 2 is 1.22 bits per heavy atom. The van der Waals surface area contributed by atoms with Crippen LogP contribution in [0.2, 0.25) is 0 Å². The fraction of sp³-hybridized carbons (Fsp3) is 0.143. The topological polar surface area (TPSA) is 18.5 Å². The molecule has 0 N–H and O–H groups in total. The van der Waals surface area contributed by atoms with Crippen LogP contribution in [0.4, 0.5) is 0 Å². The van der Waals surface area contributed by atoms with E-state index in [0.717, 1.165) is 11.5 Å². The molecule has 2 heterocycles. The minimum atomic E-state index is -0.204. The SMILES string of the molecule is c1ccc2c(c1)OC(C1Sc3ccccc3S1)O2. The molecule has 90 valence electrons. The molecule has 0 atom stereocenters. The predicted octanol–water partition coefficient (Wildman–Crippen LogP) is 4.01. The Balaban J connectivity index is 1.56. The molecule has 0 spiro atoms. The molecule has 0 unspecified atom stereocenters. The number of hydrogen-bond donors (Lipinski definition) is 0. The average Bonchev–Trinajstić information content (AvgIpc) is 3.02. The summed E-state index contributed by atoms with van der Waals surface area (Å²) in [5.74, 6) is 1.69. The van der Waals surface area contributed by atoms with Crippen LogP contribution in [0.3, 0.4) is 0 Å². The van der Waals surface area contributed by atoms with Gasteiger partial charge in [0.1, 0.15) is 4.58 Å². The molecule has 0 amide bonds. The van der Waals surface area contributed by atoms with Crippen LogP contribution in [0.1, 0.15) is 0 Å². The second kappa shape index (κ2) is 4.14. The Morgan fingerprint density at radius 1 is 0.722 bits per heavy atom. The van der Waals surface area contributed by atoms with Crippen molar-refractivity contribution in [3.05, 3.63) is 48.5 Å². The minimum Gasteiger partial charge on any atom is -0.449 e. The van der Waals surface area contributed by atoms with Gasteiger partial charge in [-0.15, -0.1) is 23.5 Å². The monoisotopic (exact) mass is 274 g/mol. The van der Waals surface area contributed by atoms with Crippen LogP contribution in [-0.2, 0) is 0 Å². The molecule has 0 fully saturated rings. The maximum atomic E-state index is 5.86. The first kappa shape index (κ1) is 10.6. The summed E-state index contributed by atoms with van der Waals surface area (Å²) < 4.78 is 12.0. The molecular formula is C14H10O2S2. The van der Waals surface area contributed by atoms with Crippen molar-refractivity contribution >= 4 is 23.5 Å². The van der Waals surface area contributed by atoms with Crippen molar-refractivity contribution in [2.45, 2.75) is 20.7 Å². The Bertz CT molecular complexity index is 496. The van der Waals surface area contributed by atoms with Gasteiger partial charge in [-0.2, -0.15) is 0 Å². The number of rotatable bonds is 1. The standard InChI is InChI=1S/C14H10O2S2/c1-2-6-10-9(5-1)15-13(16-10)14-17-11-7-3-4-8-12(11)18-14/h1-8,13-14H. The molecule has 0 saturated heterocycles. The van der Waals surface area contributed by atoms with E-state index in [2.05, 4.69) is 24.3 Å². The lowest BCUT2D eigenvalue weighted by atomic mass is 10.3. The lowest BCUT2D eigenvalue weighted by Crippen LogP contribution is -2.27. The van der Waals surface area contributed by atoms with Gasteiger partial charge in [0, 0.05) is 9.79 Å². The average molecular weight is 274 g/mol. The zero-order valence-electron chi connectivity index (χ0n) is 9.41. The highest BCUT2D eigenvalue weighted by molar-refractivity contribution is 8.19. The van der Waals surface area contributed by atoms with Gasteiger partial charge < -0.3 is 9.47 Å². The van der Waals surface area contributed by atoms with Gasteiger partial charge in [0.25, 0.3) is 6.29 Å². The summed E-state index contributed by atoms with van der Waals surface area (Å²) in [7, 11) is 0. The highest BCUT2D eigenvalue weighted by atomic mass is 32.2. The number of thioether (sulfide) groups is 2. The van der Waals surface area contributed by atoms with Gasteiger partial charge in [-0.25, -0.2) is 0 Å². The number of fused-ring (bicyclic) bond motifs is 2. The smallest absolute Gasteiger partial charge is 0.262 e. The van der Waals surface area contributed by atoms with E-state index in [-0.39, 0.29) is 10.9 Å². The van der Waals surface area contributed by atoms with Crippen molar-refractivity contribution in [1.82, 2.24) is 0 Å². The third-order valence-corrected chi connectivity index (χ3v) is 5.73. The summed E-state index contributed by atoms with van der Waals surface area (Å²) in [5.41, 5.74) is 0. The van der Waals surface area contributed by atoms with Crippen LogP contribution < -0.4 is 9.47 Å². The van der Waals surface area contributed by atoms with E-state index in [1.165, 1.54) is 9.79 Å². The molecule has 2 aliphatic rings. The van der Waals surface area contributed by atoms with Crippen LogP contribution in [0.5, 0.6) is 11.5 Å². The summed E-state index contributed by atoms with van der Waals surface area (Å²) in [5, 5.41) is 0. The lowest BCUT2D eigenvalue weighted by Gasteiger charge is -2.15. The quantitative estimate of drug-likeness (QED) is 0.782. The van der Waals surface area contributed by atoms with Crippen molar-refractivity contribution in [2.24, 2.45) is 0 Å². The first-order valence-corrected chi connectivity index (χ1v) is 7.51. The number of ether oxygens (including phenoxy) is 2. The Labute approximate surface area is 114 Å². The van der Waals surface area contributed by atoms with E-state index >= 15 is 0 Å². The van der Waals surface area contributed by atoms with E-state index in [1.807, 2.05) is 47.8 Å². The molecule has 0 aromatic heterocycles. The van der Waals surface area contributed by atoms with Crippen molar-refractivity contribution in [1.29, 1.82) is 0 Å². The summed E-state index contributed by atoms with van der Waals surface area (Å²) in [6, 6.07) is 16.3. The third kappa shape index (κ3) is 1.68. The summed E-state index contributed by atoms with van der Waals surface area (Å²) in [6.07, 6.45) is -0.204. The van der Waals surface area contributed by atoms with Gasteiger partial charge in [-0.3, -0.25) is 0 Å². The molecule has 2 aromatic rings. The van der Waals surface area contributed by atoms with Crippen LogP contribution >= 0.6 is 23.5 Å². The Hall–Kier alpha value is -1.26.